The number of hydrogen-bond acceptors (Lipinski definition) is 6. The summed E-state index contributed by atoms with van der Waals surface area (Å²) < 4.78 is 1.77. The van der Waals surface area contributed by atoms with E-state index in [9.17, 15) is 9.59 Å². The van der Waals surface area contributed by atoms with E-state index in [2.05, 4.69) is 20.0 Å². The second-order valence-electron chi connectivity index (χ2n) is 11.9. The van der Waals surface area contributed by atoms with Crippen LogP contribution in [0.1, 0.15) is 57.1 Å². The van der Waals surface area contributed by atoms with Crippen LogP contribution in [0.5, 0.6) is 0 Å². The van der Waals surface area contributed by atoms with Gasteiger partial charge in [-0.15, -0.1) is 0 Å². The number of likely N-dealkylation sites (tertiary alicyclic amines) is 1. The van der Waals surface area contributed by atoms with E-state index in [1.807, 2.05) is 22.8 Å². The first-order valence-electron chi connectivity index (χ1n) is 13.5. The van der Waals surface area contributed by atoms with Crippen molar-refractivity contribution >= 4 is 23.4 Å². The minimum atomic E-state index is -0.271. The molecule has 4 saturated carbocycles. The van der Waals surface area contributed by atoms with Gasteiger partial charge in [-0.05, 0) is 76.0 Å². The molecule has 6 fully saturated rings. The van der Waals surface area contributed by atoms with Crippen molar-refractivity contribution in [2.75, 3.05) is 37.6 Å². The lowest BCUT2D eigenvalue weighted by Crippen LogP contribution is -2.59. The summed E-state index contributed by atoms with van der Waals surface area (Å²) in [5.41, 5.74) is 0.738. The van der Waals surface area contributed by atoms with Crippen LogP contribution in [-0.4, -0.2) is 80.0 Å². The van der Waals surface area contributed by atoms with Crippen molar-refractivity contribution in [3.05, 3.63) is 18.1 Å². The number of piperazine rings is 1. The fourth-order valence-corrected chi connectivity index (χ4v) is 8.45. The van der Waals surface area contributed by atoms with Gasteiger partial charge in [0.15, 0.2) is 0 Å². The molecule has 35 heavy (non-hydrogen) atoms. The highest BCUT2D eigenvalue weighted by atomic mass is 16.2. The molecular weight excluding hydrogens is 442 g/mol. The molecule has 9 nitrogen and oxygen atoms in total. The van der Waals surface area contributed by atoms with Gasteiger partial charge < -0.3 is 14.7 Å². The van der Waals surface area contributed by atoms with Gasteiger partial charge in [0.2, 0.25) is 11.8 Å². The standard InChI is InChI=1S/C26H35N7O2/c1-17-9-22(33-25(29-17)27-16-28-33)30-5-7-31(8-6-30)23(34)21-3-2-4-32(21)24(35)26-13-18-10-19(14-26)12-20(11-18)15-26/h9,16,18-21H,2-8,10-15H2,1H3. The molecule has 6 aliphatic rings. The molecule has 4 aliphatic carbocycles. The van der Waals surface area contributed by atoms with E-state index in [4.69, 9.17) is 0 Å². The first-order valence-corrected chi connectivity index (χ1v) is 13.5. The van der Waals surface area contributed by atoms with Gasteiger partial charge in [-0.3, -0.25) is 9.59 Å². The van der Waals surface area contributed by atoms with E-state index in [0.717, 1.165) is 81.0 Å². The minimum Gasteiger partial charge on any atom is -0.353 e. The van der Waals surface area contributed by atoms with Gasteiger partial charge >= 0.3 is 0 Å². The number of amides is 2. The number of carbonyl (C=O) groups is 2. The molecule has 2 aliphatic heterocycles. The first-order chi connectivity index (χ1) is 17.0. The number of anilines is 1. The van der Waals surface area contributed by atoms with Crippen LogP contribution in [-0.2, 0) is 9.59 Å². The lowest BCUT2D eigenvalue weighted by molar-refractivity contribution is -0.162. The fourth-order valence-electron chi connectivity index (χ4n) is 8.45. The number of rotatable bonds is 3. The molecular formula is C26H35N7O2. The summed E-state index contributed by atoms with van der Waals surface area (Å²) in [6, 6.07) is 1.76. The third kappa shape index (κ3) is 3.44. The van der Waals surface area contributed by atoms with Crippen LogP contribution in [0.4, 0.5) is 5.82 Å². The molecule has 2 saturated heterocycles. The van der Waals surface area contributed by atoms with Gasteiger partial charge in [-0.1, -0.05) is 0 Å². The van der Waals surface area contributed by atoms with E-state index in [1.165, 1.54) is 25.6 Å². The molecule has 1 atom stereocenters. The summed E-state index contributed by atoms with van der Waals surface area (Å²) in [4.78, 5) is 42.6. The van der Waals surface area contributed by atoms with Crippen LogP contribution in [0, 0.1) is 30.1 Å². The Morgan fingerprint density at radius 2 is 1.66 bits per heavy atom. The van der Waals surface area contributed by atoms with E-state index in [-0.39, 0.29) is 17.4 Å². The maximum atomic E-state index is 14.0. The molecule has 0 aromatic carbocycles. The molecule has 186 valence electrons. The van der Waals surface area contributed by atoms with E-state index < -0.39 is 0 Å². The van der Waals surface area contributed by atoms with Gasteiger partial charge in [0.25, 0.3) is 5.78 Å². The molecule has 2 aromatic rings. The van der Waals surface area contributed by atoms with Crippen molar-refractivity contribution in [2.24, 2.45) is 23.2 Å². The predicted molar refractivity (Wildman–Crippen MR) is 130 cm³/mol. The Morgan fingerprint density at radius 3 is 2.34 bits per heavy atom. The highest BCUT2D eigenvalue weighted by Crippen LogP contribution is 2.60. The number of aromatic nitrogens is 4. The summed E-state index contributed by atoms with van der Waals surface area (Å²) in [5.74, 6) is 4.25. The topological polar surface area (TPSA) is 86.9 Å². The maximum absolute atomic E-state index is 14.0. The zero-order valence-corrected chi connectivity index (χ0v) is 20.6. The van der Waals surface area contributed by atoms with Gasteiger partial charge in [-0.2, -0.15) is 14.6 Å². The summed E-state index contributed by atoms with van der Waals surface area (Å²) in [7, 11) is 0. The molecule has 4 heterocycles. The Balaban J connectivity index is 1.05. The zero-order valence-electron chi connectivity index (χ0n) is 20.6. The summed E-state index contributed by atoms with van der Waals surface area (Å²) in [6.45, 7) is 5.50. The maximum Gasteiger partial charge on any atom is 0.254 e. The average molecular weight is 478 g/mol. The third-order valence-electron chi connectivity index (χ3n) is 9.57. The summed E-state index contributed by atoms with van der Waals surface area (Å²) in [6.07, 6.45) is 10.5. The average Bonchev–Trinajstić information content (AvgIpc) is 3.51. The molecule has 1 unspecified atom stereocenters. The molecule has 0 radical (unpaired) electrons. The van der Waals surface area contributed by atoms with E-state index in [1.54, 1.807) is 4.52 Å². The molecule has 0 spiro atoms. The number of aryl methyl sites for hydroxylation is 1. The van der Waals surface area contributed by atoms with E-state index >= 15 is 0 Å². The van der Waals surface area contributed by atoms with Crippen LogP contribution < -0.4 is 4.90 Å². The van der Waals surface area contributed by atoms with Gasteiger partial charge in [-0.25, -0.2) is 4.98 Å². The molecule has 4 bridgehead atoms. The SMILES string of the molecule is Cc1cc(N2CCN(C(=O)C3CCCN3C(=O)C34CC5CC(CC(C5)C3)C4)CC2)n2ncnc2n1. The highest BCUT2D eigenvalue weighted by Gasteiger charge is 2.57. The normalized spacial score (nSPS) is 34.3. The molecule has 0 N–H and O–H groups in total. The second-order valence-corrected chi connectivity index (χ2v) is 11.9. The predicted octanol–water partition coefficient (Wildman–Crippen LogP) is 2.29. The van der Waals surface area contributed by atoms with Crippen LogP contribution >= 0.6 is 0 Å². The number of carbonyl (C=O) groups excluding carboxylic acids is 2. The summed E-state index contributed by atoms with van der Waals surface area (Å²) >= 11 is 0. The third-order valence-corrected chi connectivity index (χ3v) is 9.57. The van der Waals surface area contributed by atoms with Crippen molar-refractivity contribution in [2.45, 2.75) is 64.3 Å². The van der Waals surface area contributed by atoms with Crippen molar-refractivity contribution in [3.8, 4) is 0 Å². The van der Waals surface area contributed by atoms with Gasteiger partial charge in [0.05, 0.1) is 5.41 Å². The Bertz CT molecular complexity index is 1130. The highest BCUT2D eigenvalue weighted by molar-refractivity contribution is 5.91. The van der Waals surface area contributed by atoms with Crippen molar-refractivity contribution < 1.29 is 9.59 Å². The second kappa shape index (κ2) is 7.90. The molecule has 9 heteroatoms. The van der Waals surface area contributed by atoms with Gasteiger partial charge in [0, 0.05) is 44.5 Å². The lowest BCUT2D eigenvalue weighted by Gasteiger charge is -2.56. The Morgan fingerprint density at radius 1 is 0.971 bits per heavy atom. The largest absolute Gasteiger partial charge is 0.353 e. The quantitative estimate of drug-likeness (QED) is 0.674. The Labute approximate surface area is 205 Å². The van der Waals surface area contributed by atoms with Crippen LogP contribution in [0.15, 0.2) is 12.4 Å². The molecule has 2 aromatic heterocycles. The monoisotopic (exact) mass is 477 g/mol. The van der Waals surface area contributed by atoms with Crippen LogP contribution in [0.2, 0.25) is 0 Å². The van der Waals surface area contributed by atoms with Crippen molar-refractivity contribution in [3.63, 3.8) is 0 Å². The van der Waals surface area contributed by atoms with Gasteiger partial charge in [0.1, 0.15) is 18.2 Å². The smallest absolute Gasteiger partial charge is 0.254 e. The summed E-state index contributed by atoms with van der Waals surface area (Å²) in [5, 5.41) is 4.34. The fraction of sp³-hybridized carbons (Fsp3) is 0.731. The minimum absolute atomic E-state index is 0.150. The van der Waals surface area contributed by atoms with Crippen LogP contribution in [0.3, 0.4) is 0 Å². The van der Waals surface area contributed by atoms with Crippen molar-refractivity contribution in [1.29, 1.82) is 0 Å². The Kier molecular flexibility index (Phi) is 4.87. The number of nitrogens with zero attached hydrogens (tertiary/aromatic N) is 7. The lowest BCUT2D eigenvalue weighted by atomic mass is 9.49. The van der Waals surface area contributed by atoms with Crippen molar-refractivity contribution in [1.82, 2.24) is 29.4 Å². The first kappa shape index (κ1) is 21.6. The zero-order chi connectivity index (χ0) is 23.7. The number of fused-ring (bicyclic) bond motifs is 1. The van der Waals surface area contributed by atoms with E-state index in [0.29, 0.717) is 24.8 Å². The molecule has 2 amide bonds. The van der Waals surface area contributed by atoms with Crippen LogP contribution in [0.25, 0.3) is 5.78 Å². The number of hydrogen-bond donors (Lipinski definition) is 0. The molecule has 8 rings (SSSR count). The Hall–Kier alpha value is -2.71.